The molecule has 0 radical (unpaired) electrons. The molecule has 2 aromatic carbocycles. The number of nitrogens with zero attached hydrogens (tertiary/aromatic N) is 2. The average molecular weight is 610 g/mol. The maximum atomic E-state index is 13.6. The lowest BCUT2D eigenvalue weighted by atomic mass is 10.1. The quantitative estimate of drug-likeness (QED) is 0.179. The number of rotatable bonds is 7. The summed E-state index contributed by atoms with van der Waals surface area (Å²) in [5, 5.41) is 0.175. The number of para-hydroxylation sites is 2. The largest absolute Gasteiger partial charge is 0.489 e. The summed E-state index contributed by atoms with van der Waals surface area (Å²) in [6, 6.07) is 14.6. The third-order valence-corrected chi connectivity index (χ3v) is 5.80. The van der Waals surface area contributed by atoms with Gasteiger partial charge in [0.1, 0.15) is 23.9 Å². The summed E-state index contributed by atoms with van der Waals surface area (Å²) in [6.07, 6.45) is 5.47. The van der Waals surface area contributed by atoms with Gasteiger partial charge in [0.2, 0.25) is 0 Å². The van der Waals surface area contributed by atoms with E-state index in [1.54, 1.807) is 29.2 Å². The molecule has 1 aliphatic rings. The molecule has 1 aromatic heterocycles. The first-order chi connectivity index (χ1) is 19.1. The van der Waals surface area contributed by atoms with Crippen molar-refractivity contribution >= 4 is 52.4 Å². The summed E-state index contributed by atoms with van der Waals surface area (Å²) in [7, 11) is 0. The smallest absolute Gasteiger partial charge is 0.347 e. The van der Waals surface area contributed by atoms with Gasteiger partial charge in [-0.15, -0.1) is 6.42 Å². The Morgan fingerprint density at radius 2 is 1.88 bits per heavy atom. The predicted octanol–water partition coefficient (Wildman–Crippen LogP) is 6.21. The molecule has 0 bridgehead atoms. The third kappa shape index (κ3) is 8.39. The van der Waals surface area contributed by atoms with Crippen LogP contribution in [0.2, 0.25) is 5.02 Å². The Bertz CT molecular complexity index is 1370. The number of terminal acetylenes is 1. The molecule has 0 N–H and O–H groups in total. The summed E-state index contributed by atoms with van der Waals surface area (Å²) in [6.45, 7) is 3.77. The lowest BCUT2D eigenvalue weighted by molar-refractivity contribution is -0.149. The molecule has 210 valence electrons. The van der Waals surface area contributed by atoms with E-state index in [9.17, 15) is 14.0 Å². The van der Waals surface area contributed by atoms with Crippen LogP contribution < -0.4 is 19.1 Å². The fourth-order valence-corrected chi connectivity index (χ4v) is 3.75. The van der Waals surface area contributed by atoms with E-state index in [2.05, 4.69) is 10.9 Å². The minimum absolute atomic E-state index is 0.0672. The summed E-state index contributed by atoms with van der Waals surface area (Å²) in [5.74, 6) is 1.89. The minimum atomic E-state index is -1.05. The molecule has 1 amide bonds. The Hall–Kier alpha value is -3.71. The van der Waals surface area contributed by atoms with Crippen molar-refractivity contribution in [1.82, 2.24) is 4.98 Å². The van der Waals surface area contributed by atoms with Gasteiger partial charge in [0.25, 0.3) is 11.8 Å². The molecular formula is C28H24Cl3FN2O6. The summed E-state index contributed by atoms with van der Waals surface area (Å²) in [4.78, 5) is 27.7. The number of hydrogen-bond donors (Lipinski definition) is 0. The van der Waals surface area contributed by atoms with Gasteiger partial charge in [-0.2, -0.15) is 0 Å². The van der Waals surface area contributed by atoms with Gasteiger partial charge in [0, 0.05) is 6.20 Å². The van der Waals surface area contributed by atoms with Crippen LogP contribution in [0.5, 0.6) is 23.1 Å². The van der Waals surface area contributed by atoms with Crippen LogP contribution in [0.15, 0.2) is 60.8 Å². The van der Waals surface area contributed by atoms with Crippen LogP contribution in [0.3, 0.4) is 0 Å². The van der Waals surface area contributed by atoms with E-state index in [4.69, 9.17) is 60.2 Å². The van der Waals surface area contributed by atoms with Crippen molar-refractivity contribution in [3.05, 3.63) is 71.6 Å². The molecule has 0 saturated heterocycles. The van der Waals surface area contributed by atoms with Crippen LogP contribution in [-0.2, 0) is 14.3 Å². The number of amides is 1. The summed E-state index contributed by atoms with van der Waals surface area (Å²) < 4.78 is 34.6. The molecule has 12 heteroatoms. The van der Waals surface area contributed by atoms with Gasteiger partial charge in [-0.3, -0.25) is 4.79 Å². The van der Waals surface area contributed by atoms with Gasteiger partial charge in [0.05, 0.1) is 16.8 Å². The standard InChI is InChI=1S/C17H13ClFNO4.C11H11Cl2NO2/c1-3-8-22-17(21)11(2)23-13-4-6-14(7-5-13)24-16-15(19)9-12(18)10-20-16;1-7-6-16-9-5-3-2-4-8(9)14(7)11(15)10(12)13/h1,4-7,9-11H,8H2,2H3;2-5,7,10H,6H2,1H3/t11-;/m1./s1. The number of anilines is 1. The average Bonchev–Trinajstić information content (AvgIpc) is 2.94. The lowest BCUT2D eigenvalue weighted by Crippen LogP contribution is -2.47. The molecule has 0 saturated carbocycles. The molecule has 1 unspecified atom stereocenters. The number of fused-ring (bicyclic) bond motifs is 1. The second-order valence-corrected chi connectivity index (χ2v) is 9.76. The van der Waals surface area contributed by atoms with Gasteiger partial charge in [-0.05, 0) is 56.3 Å². The summed E-state index contributed by atoms with van der Waals surface area (Å²) in [5.41, 5.74) is 0.720. The molecule has 2 atom stereocenters. The van der Waals surface area contributed by atoms with Gasteiger partial charge in [-0.25, -0.2) is 14.2 Å². The predicted molar refractivity (Wildman–Crippen MR) is 150 cm³/mol. The molecule has 3 aromatic rings. The number of carbonyl (C=O) groups is 2. The van der Waals surface area contributed by atoms with E-state index in [0.717, 1.165) is 11.8 Å². The van der Waals surface area contributed by atoms with Crippen molar-refractivity contribution in [3.63, 3.8) is 0 Å². The van der Waals surface area contributed by atoms with E-state index in [-0.39, 0.29) is 29.5 Å². The van der Waals surface area contributed by atoms with Crippen molar-refractivity contribution in [2.75, 3.05) is 18.1 Å². The Balaban J connectivity index is 0.000000238. The maximum absolute atomic E-state index is 13.6. The van der Waals surface area contributed by atoms with E-state index in [1.165, 1.54) is 13.1 Å². The fourth-order valence-electron chi connectivity index (χ4n) is 3.40. The highest BCUT2D eigenvalue weighted by Gasteiger charge is 2.32. The Morgan fingerprint density at radius 1 is 1.20 bits per heavy atom. The topological polar surface area (TPSA) is 87.2 Å². The highest BCUT2D eigenvalue weighted by atomic mass is 35.5. The number of alkyl halides is 2. The van der Waals surface area contributed by atoms with Gasteiger partial charge >= 0.3 is 5.97 Å². The molecule has 0 aliphatic carbocycles. The number of halogens is 4. The zero-order valence-electron chi connectivity index (χ0n) is 21.4. The van der Waals surface area contributed by atoms with E-state index in [1.807, 2.05) is 31.2 Å². The second kappa shape index (κ2) is 14.6. The Kier molecular flexibility index (Phi) is 11.3. The van der Waals surface area contributed by atoms with Crippen LogP contribution in [0.25, 0.3) is 0 Å². The fraction of sp³-hybridized carbons (Fsp3) is 0.250. The number of pyridine rings is 1. The number of hydrogen-bond acceptors (Lipinski definition) is 7. The zero-order chi connectivity index (χ0) is 29.2. The van der Waals surface area contributed by atoms with E-state index in [0.29, 0.717) is 23.9 Å². The van der Waals surface area contributed by atoms with Crippen molar-refractivity contribution in [1.29, 1.82) is 0 Å². The number of ether oxygens (including phenoxy) is 4. The number of aromatic nitrogens is 1. The SMILES string of the molecule is C#CCOC(=O)[C@@H](C)Oc1ccc(Oc2ncc(Cl)cc2F)cc1.CC1COc2ccccc2N1C(=O)C(Cl)Cl. The van der Waals surface area contributed by atoms with Crippen LogP contribution in [0.4, 0.5) is 10.1 Å². The summed E-state index contributed by atoms with van der Waals surface area (Å²) >= 11 is 16.9. The molecule has 1 aliphatic heterocycles. The molecule has 40 heavy (non-hydrogen) atoms. The molecule has 8 nitrogen and oxygen atoms in total. The van der Waals surface area contributed by atoms with E-state index < -0.39 is 22.7 Å². The first-order valence-corrected chi connectivity index (χ1v) is 13.0. The highest BCUT2D eigenvalue weighted by Crippen LogP contribution is 2.34. The number of esters is 1. The van der Waals surface area contributed by atoms with Gasteiger partial charge in [0.15, 0.2) is 23.4 Å². The number of carbonyl (C=O) groups excluding carboxylic acids is 2. The van der Waals surface area contributed by atoms with E-state index >= 15 is 0 Å². The first kappa shape index (κ1) is 30.8. The van der Waals surface area contributed by atoms with Crippen molar-refractivity contribution in [3.8, 4) is 35.5 Å². The molecule has 0 fully saturated rings. The maximum Gasteiger partial charge on any atom is 0.347 e. The van der Waals surface area contributed by atoms with Gasteiger partial charge < -0.3 is 23.8 Å². The normalized spacial score (nSPS) is 14.4. The van der Waals surface area contributed by atoms with Crippen molar-refractivity contribution < 1.29 is 32.9 Å². The van der Waals surface area contributed by atoms with Crippen LogP contribution in [-0.4, -0.2) is 47.1 Å². The highest BCUT2D eigenvalue weighted by molar-refractivity contribution is 6.54. The zero-order valence-corrected chi connectivity index (χ0v) is 23.6. The number of benzene rings is 2. The molecule has 2 heterocycles. The first-order valence-electron chi connectivity index (χ1n) is 11.8. The van der Waals surface area contributed by atoms with Crippen molar-refractivity contribution in [2.45, 2.75) is 30.8 Å². The third-order valence-electron chi connectivity index (χ3n) is 5.22. The van der Waals surface area contributed by atoms with Crippen LogP contribution in [0, 0.1) is 18.2 Å². The Morgan fingerprint density at radius 3 is 2.52 bits per heavy atom. The molecular weight excluding hydrogens is 586 g/mol. The lowest BCUT2D eigenvalue weighted by Gasteiger charge is -2.35. The molecule has 4 rings (SSSR count). The van der Waals surface area contributed by atoms with Crippen molar-refractivity contribution in [2.24, 2.45) is 0 Å². The monoisotopic (exact) mass is 608 g/mol. The van der Waals surface area contributed by atoms with Crippen LogP contribution >= 0.6 is 34.8 Å². The van der Waals surface area contributed by atoms with Crippen LogP contribution in [0.1, 0.15) is 13.8 Å². The molecule has 0 spiro atoms. The van der Waals surface area contributed by atoms with Gasteiger partial charge in [-0.1, -0.05) is 52.9 Å². The minimum Gasteiger partial charge on any atom is -0.489 e. The second-order valence-electron chi connectivity index (χ2n) is 8.22. The Labute approximate surface area is 245 Å².